The maximum Gasteiger partial charge on any atom is 0.241 e. The first-order valence-corrected chi connectivity index (χ1v) is 8.76. The Hall–Kier alpha value is -1.07. The molecule has 0 aromatic heterocycles. The predicted molar refractivity (Wildman–Crippen MR) is 89.3 cm³/mol. The number of aryl methyl sites for hydroxylation is 2. The maximum atomic E-state index is 12.6. The number of hydrogen-bond acceptors (Lipinski definition) is 3. The second-order valence-electron chi connectivity index (χ2n) is 6.81. The van der Waals surface area contributed by atoms with E-state index in [2.05, 4.69) is 37.7 Å². The molecule has 1 aromatic rings. The van der Waals surface area contributed by atoms with Crippen molar-refractivity contribution in [3.63, 3.8) is 0 Å². The standard InChI is InChI=1S/C16H28N2O2S/c1-11-8-14(17-7)9-12(2)15(11)21(19,20)18-10-13(3)16(4,5)6/h8-9,13,17-18H,10H2,1-7H3. The number of anilines is 1. The summed E-state index contributed by atoms with van der Waals surface area (Å²) in [5, 5.41) is 3.04. The third kappa shape index (κ3) is 4.45. The third-order valence-electron chi connectivity index (χ3n) is 4.08. The first-order chi connectivity index (χ1) is 9.49. The highest BCUT2D eigenvalue weighted by Crippen LogP contribution is 2.27. The van der Waals surface area contributed by atoms with Crippen molar-refractivity contribution in [2.24, 2.45) is 11.3 Å². The Bertz CT molecular complexity index is 578. The quantitative estimate of drug-likeness (QED) is 0.877. The van der Waals surface area contributed by atoms with E-state index < -0.39 is 10.0 Å². The van der Waals surface area contributed by atoms with Gasteiger partial charge in [0.15, 0.2) is 0 Å². The van der Waals surface area contributed by atoms with Crippen molar-refractivity contribution >= 4 is 15.7 Å². The normalized spacial score (nSPS) is 14.0. The van der Waals surface area contributed by atoms with Crippen LogP contribution in [0.2, 0.25) is 0 Å². The Balaban J connectivity index is 3.04. The van der Waals surface area contributed by atoms with Crippen molar-refractivity contribution in [3.05, 3.63) is 23.3 Å². The van der Waals surface area contributed by atoms with E-state index in [0.29, 0.717) is 11.4 Å². The summed E-state index contributed by atoms with van der Waals surface area (Å²) in [7, 11) is -1.65. The minimum atomic E-state index is -3.48. The lowest BCUT2D eigenvalue weighted by molar-refractivity contribution is 0.263. The summed E-state index contributed by atoms with van der Waals surface area (Å²) in [6, 6.07) is 3.71. The van der Waals surface area contributed by atoms with Gasteiger partial charge in [-0.25, -0.2) is 13.1 Å². The van der Waals surface area contributed by atoms with Gasteiger partial charge in [0, 0.05) is 19.3 Å². The number of benzene rings is 1. The highest BCUT2D eigenvalue weighted by atomic mass is 32.2. The van der Waals surface area contributed by atoms with Crippen LogP contribution in [-0.4, -0.2) is 22.0 Å². The lowest BCUT2D eigenvalue weighted by Crippen LogP contribution is -2.34. The topological polar surface area (TPSA) is 58.2 Å². The van der Waals surface area contributed by atoms with E-state index in [0.717, 1.165) is 16.8 Å². The maximum absolute atomic E-state index is 12.6. The van der Waals surface area contributed by atoms with E-state index in [9.17, 15) is 8.42 Å². The molecule has 1 aromatic carbocycles. The van der Waals surface area contributed by atoms with Gasteiger partial charge in [-0.05, 0) is 48.4 Å². The molecule has 0 saturated heterocycles. The average Bonchev–Trinajstić information content (AvgIpc) is 2.33. The van der Waals surface area contributed by atoms with Gasteiger partial charge in [-0.15, -0.1) is 0 Å². The molecule has 0 aliphatic heterocycles. The largest absolute Gasteiger partial charge is 0.388 e. The van der Waals surface area contributed by atoms with Crippen molar-refractivity contribution in [2.45, 2.75) is 46.4 Å². The number of nitrogens with one attached hydrogen (secondary N) is 2. The third-order valence-corrected chi connectivity index (χ3v) is 5.80. The Morgan fingerprint density at radius 1 is 1.14 bits per heavy atom. The molecule has 1 atom stereocenters. The highest BCUT2D eigenvalue weighted by molar-refractivity contribution is 7.89. The minimum absolute atomic E-state index is 0.0720. The lowest BCUT2D eigenvalue weighted by atomic mass is 9.82. The van der Waals surface area contributed by atoms with E-state index in [-0.39, 0.29) is 11.3 Å². The Kier molecular flexibility index (Phi) is 5.45. The van der Waals surface area contributed by atoms with Gasteiger partial charge in [-0.1, -0.05) is 27.7 Å². The van der Waals surface area contributed by atoms with Crippen LogP contribution in [0.4, 0.5) is 5.69 Å². The fourth-order valence-electron chi connectivity index (χ4n) is 2.13. The van der Waals surface area contributed by atoms with Crippen LogP contribution >= 0.6 is 0 Å². The van der Waals surface area contributed by atoms with E-state index in [1.165, 1.54) is 0 Å². The Labute approximate surface area is 129 Å². The molecule has 120 valence electrons. The van der Waals surface area contributed by atoms with Crippen LogP contribution < -0.4 is 10.0 Å². The number of hydrogen-bond donors (Lipinski definition) is 2. The molecule has 0 heterocycles. The molecule has 1 rings (SSSR count). The zero-order valence-electron chi connectivity index (χ0n) is 14.2. The molecule has 0 spiro atoms. The molecular weight excluding hydrogens is 284 g/mol. The van der Waals surface area contributed by atoms with Crippen molar-refractivity contribution < 1.29 is 8.42 Å². The van der Waals surface area contributed by atoms with Gasteiger partial charge in [0.2, 0.25) is 10.0 Å². The number of sulfonamides is 1. The Morgan fingerprint density at radius 2 is 1.62 bits per heavy atom. The molecule has 0 fully saturated rings. The SMILES string of the molecule is CNc1cc(C)c(S(=O)(=O)NCC(C)C(C)(C)C)c(C)c1. The summed E-state index contributed by atoms with van der Waals surface area (Å²) >= 11 is 0. The Morgan fingerprint density at radius 3 is 2.00 bits per heavy atom. The second kappa shape index (κ2) is 6.36. The summed E-state index contributed by atoms with van der Waals surface area (Å²) in [6.45, 7) is 12.5. The predicted octanol–water partition coefficient (Wildman–Crippen LogP) is 3.31. The first kappa shape index (κ1) is 18.0. The molecule has 1 unspecified atom stereocenters. The van der Waals surface area contributed by atoms with E-state index >= 15 is 0 Å². The van der Waals surface area contributed by atoms with Crippen LogP contribution in [0.25, 0.3) is 0 Å². The number of rotatable bonds is 5. The van der Waals surface area contributed by atoms with Crippen LogP contribution in [0.5, 0.6) is 0 Å². The van der Waals surface area contributed by atoms with Crippen molar-refractivity contribution in [1.82, 2.24) is 4.72 Å². The van der Waals surface area contributed by atoms with Crippen LogP contribution in [0, 0.1) is 25.2 Å². The van der Waals surface area contributed by atoms with Crippen molar-refractivity contribution in [1.29, 1.82) is 0 Å². The van der Waals surface area contributed by atoms with E-state index in [1.54, 1.807) is 0 Å². The van der Waals surface area contributed by atoms with Crippen LogP contribution in [0.15, 0.2) is 17.0 Å². The zero-order valence-corrected chi connectivity index (χ0v) is 15.0. The van der Waals surface area contributed by atoms with E-state index in [4.69, 9.17) is 0 Å². The molecular formula is C16H28N2O2S. The van der Waals surface area contributed by atoms with Gasteiger partial charge in [0.05, 0.1) is 4.90 Å². The second-order valence-corrected chi connectivity index (χ2v) is 8.51. The molecule has 2 N–H and O–H groups in total. The van der Waals surface area contributed by atoms with Gasteiger partial charge in [-0.2, -0.15) is 0 Å². The molecule has 0 radical (unpaired) electrons. The summed E-state index contributed by atoms with van der Waals surface area (Å²) in [4.78, 5) is 0.391. The van der Waals surface area contributed by atoms with Gasteiger partial charge in [0.25, 0.3) is 0 Å². The van der Waals surface area contributed by atoms with E-state index in [1.807, 2.05) is 33.0 Å². The fourth-order valence-corrected chi connectivity index (χ4v) is 3.71. The summed E-state index contributed by atoms with van der Waals surface area (Å²) < 4.78 is 27.9. The van der Waals surface area contributed by atoms with Crippen LogP contribution in [-0.2, 0) is 10.0 Å². The molecule has 0 aliphatic rings. The molecule has 0 aliphatic carbocycles. The molecule has 4 nitrogen and oxygen atoms in total. The molecule has 0 bridgehead atoms. The average molecular weight is 312 g/mol. The fraction of sp³-hybridized carbons (Fsp3) is 0.625. The van der Waals surface area contributed by atoms with Crippen LogP contribution in [0.1, 0.15) is 38.8 Å². The summed E-state index contributed by atoms with van der Waals surface area (Å²) in [6.07, 6.45) is 0. The lowest BCUT2D eigenvalue weighted by Gasteiger charge is -2.27. The summed E-state index contributed by atoms with van der Waals surface area (Å²) in [5.74, 6) is 0.254. The molecule has 21 heavy (non-hydrogen) atoms. The summed E-state index contributed by atoms with van der Waals surface area (Å²) in [5.41, 5.74) is 2.51. The molecule has 0 saturated carbocycles. The first-order valence-electron chi connectivity index (χ1n) is 7.27. The van der Waals surface area contributed by atoms with Crippen molar-refractivity contribution in [2.75, 3.05) is 18.9 Å². The van der Waals surface area contributed by atoms with Gasteiger partial charge >= 0.3 is 0 Å². The van der Waals surface area contributed by atoms with Gasteiger partial charge in [-0.3, -0.25) is 0 Å². The van der Waals surface area contributed by atoms with Gasteiger partial charge in [0.1, 0.15) is 0 Å². The van der Waals surface area contributed by atoms with Crippen LogP contribution in [0.3, 0.4) is 0 Å². The smallest absolute Gasteiger partial charge is 0.241 e. The molecule has 0 amide bonds. The zero-order chi connectivity index (χ0) is 16.4. The monoisotopic (exact) mass is 312 g/mol. The minimum Gasteiger partial charge on any atom is -0.388 e. The van der Waals surface area contributed by atoms with Gasteiger partial charge < -0.3 is 5.32 Å². The van der Waals surface area contributed by atoms with Crippen molar-refractivity contribution in [3.8, 4) is 0 Å². The highest BCUT2D eigenvalue weighted by Gasteiger charge is 2.24. The molecule has 5 heteroatoms.